The van der Waals surface area contributed by atoms with Gasteiger partial charge in [-0.2, -0.15) is 5.10 Å². The highest BCUT2D eigenvalue weighted by atomic mass is 35.5. The first kappa shape index (κ1) is 29.6. The molecule has 2 aromatic rings. The minimum absolute atomic E-state index is 0. The van der Waals surface area contributed by atoms with Crippen LogP contribution in [0.5, 0.6) is 11.6 Å². The summed E-state index contributed by atoms with van der Waals surface area (Å²) >= 11 is 0. The first-order valence-electron chi connectivity index (χ1n) is 12.9. The molecule has 1 aliphatic heterocycles. The fourth-order valence-corrected chi connectivity index (χ4v) is 4.89. The maximum atomic E-state index is 9.15. The summed E-state index contributed by atoms with van der Waals surface area (Å²) in [6, 6.07) is 10.5. The van der Waals surface area contributed by atoms with Crippen molar-refractivity contribution < 1.29 is 14.6 Å². The lowest BCUT2D eigenvalue weighted by atomic mass is 9.97. The zero-order valence-electron chi connectivity index (χ0n) is 20.9. The number of aromatic nitrogens is 2. The summed E-state index contributed by atoms with van der Waals surface area (Å²) in [6.07, 6.45) is 11.7. The van der Waals surface area contributed by atoms with Crippen molar-refractivity contribution in [2.75, 3.05) is 26.2 Å². The SMILES string of the molecule is CCCCc1nnc(OC2CCN(CCO)CC2)cc1-c1ccc(OC2CCCCC2)cc1.Cl.Cl. The number of β-amino-alcohol motifs (C(OH)–C–C–N with tert-alkyl or cyclic N) is 1. The van der Waals surface area contributed by atoms with Crippen LogP contribution in [0.25, 0.3) is 11.1 Å². The van der Waals surface area contributed by atoms with Crippen LogP contribution in [0, 0.1) is 0 Å². The first-order chi connectivity index (χ1) is 16.2. The van der Waals surface area contributed by atoms with Crippen LogP contribution in [-0.4, -0.2) is 58.7 Å². The fourth-order valence-electron chi connectivity index (χ4n) is 4.89. The van der Waals surface area contributed by atoms with Crippen LogP contribution < -0.4 is 9.47 Å². The number of halogens is 2. The number of ether oxygens (including phenoxy) is 2. The molecule has 1 N–H and O–H groups in total. The number of rotatable bonds is 10. The molecule has 2 fully saturated rings. The Labute approximate surface area is 222 Å². The molecule has 4 rings (SSSR count). The zero-order chi connectivity index (χ0) is 22.9. The summed E-state index contributed by atoms with van der Waals surface area (Å²) in [4.78, 5) is 2.28. The van der Waals surface area contributed by atoms with E-state index < -0.39 is 0 Å². The van der Waals surface area contributed by atoms with Gasteiger partial charge in [0.2, 0.25) is 5.88 Å². The molecule has 0 unspecified atom stereocenters. The van der Waals surface area contributed by atoms with Gasteiger partial charge in [-0.05, 0) is 69.1 Å². The van der Waals surface area contributed by atoms with E-state index in [1.165, 1.54) is 19.3 Å². The van der Waals surface area contributed by atoms with Gasteiger partial charge in [-0.15, -0.1) is 29.9 Å². The van der Waals surface area contributed by atoms with Gasteiger partial charge in [0.15, 0.2) is 0 Å². The fraction of sp³-hybridized carbons (Fsp3) is 0.630. The molecule has 1 saturated heterocycles. The van der Waals surface area contributed by atoms with Gasteiger partial charge in [0.25, 0.3) is 0 Å². The third kappa shape index (κ3) is 8.78. The number of piperidine rings is 1. The van der Waals surface area contributed by atoms with Gasteiger partial charge >= 0.3 is 0 Å². The summed E-state index contributed by atoms with van der Waals surface area (Å²) in [5.74, 6) is 1.56. The Kier molecular flexibility index (Phi) is 13.1. The highest BCUT2D eigenvalue weighted by Crippen LogP contribution is 2.30. The molecule has 1 aromatic carbocycles. The van der Waals surface area contributed by atoms with E-state index in [2.05, 4.69) is 52.4 Å². The standard InChI is InChI=1S/C27H39N3O3.2ClH/c1-2-3-9-26-25(21-10-12-23(13-11-21)32-22-7-5-4-6-8-22)20-27(29-28-26)33-24-14-16-30(17-15-24)18-19-31;;/h10-13,20,22,24,31H,2-9,14-19H2,1H3;2*1H. The van der Waals surface area contributed by atoms with E-state index in [-0.39, 0.29) is 37.5 Å². The number of hydrogen-bond donors (Lipinski definition) is 1. The van der Waals surface area contributed by atoms with Crippen molar-refractivity contribution in [3.8, 4) is 22.8 Å². The van der Waals surface area contributed by atoms with E-state index in [1.807, 2.05) is 0 Å². The molecule has 1 saturated carbocycles. The highest BCUT2D eigenvalue weighted by molar-refractivity contribution is 5.85. The van der Waals surface area contributed by atoms with Crippen LogP contribution in [0.2, 0.25) is 0 Å². The molecule has 1 aromatic heterocycles. The lowest BCUT2D eigenvalue weighted by molar-refractivity contribution is 0.0851. The third-order valence-corrected chi connectivity index (χ3v) is 6.87. The van der Waals surface area contributed by atoms with Crippen molar-refractivity contribution >= 4 is 24.8 Å². The third-order valence-electron chi connectivity index (χ3n) is 6.87. The summed E-state index contributed by atoms with van der Waals surface area (Å²) in [7, 11) is 0. The second kappa shape index (κ2) is 15.5. The summed E-state index contributed by atoms with van der Waals surface area (Å²) in [5, 5.41) is 18.1. The van der Waals surface area contributed by atoms with Gasteiger partial charge < -0.3 is 19.5 Å². The Hall–Kier alpha value is -1.60. The summed E-state index contributed by atoms with van der Waals surface area (Å²) < 4.78 is 12.5. The number of nitrogens with zero attached hydrogens (tertiary/aromatic N) is 3. The first-order valence-corrected chi connectivity index (χ1v) is 12.9. The van der Waals surface area contributed by atoms with Crippen molar-refractivity contribution in [3.63, 3.8) is 0 Å². The van der Waals surface area contributed by atoms with E-state index in [9.17, 15) is 0 Å². The Bertz CT molecular complexity index is 855. The lowest BCUT2D eigenvalue weighted by Crippen LogP contribution is -2.39. The molecule has 0 amide bonds. The molecule has 0 atom stereocenters. The number of likely N-dealkylation sites (tertiary alicyclic amines) is 1. The van der Waals surface area contributed by atoms with Crippen molar-refractivity contribution in [2.24, 2.45) is 0 Å². The Balaban J connectivity index is 0.00000216. The molecule has 0 spiro atoms. The molecule has 35 heavy (non-hydrogen) atoms. The molecular formula is C27H41Cl2N3O3. The number of aliphatic hydroxyl groups excluding tert-OH is 1. The molecule has 8 heteroatoms. The Morgan fingerprint density at radius 3 is 2.26 bits per heavy atom. The van der Waals surface area contributed by atoms with Gasteiger partial charge in [0, 0.05) is 31.3 Å². The average Bonchev–Trinajstić information content (AvgIpc) is 2.86. The molecule has 6 nitrogen and oxygen atoms in total. The zero-order valence-corrected chi connectivity index (χ0v) is 22.5. The number of hydrogen-bond acceptors (Lipinski definition) is 6. The van der Waals surface area contributed by atoms with Crippen LogP contribution in [0.4, 0.5) is 0 Å². The quantitative estimate of drug-likeness (QED) is 0.417. The topological polar surface area (TPSA) is 67.7 Å². The van der Waals surface area contributed by atoms with Crippen LogP contribution in [0.15, 0.2) is 30.3 Å². The van der Waals surface area contributed by atoms with Gasteiger partial charge in [-0.3, -0.25) is 0 Å². The Morgan fingerprint density at radius 1 is 0.914 bits per heavy atom. The second-order valence-electron chi connectivity index (χ2n) is 9.43. The summed E-state index contributed by atoms with van der Waals surface area (Å²) in [6.45, 7) is 5.05. The average molecular weight is 527 g/mol. The normalized spacial score (nSPS) is 17.3. The summed E-state index contributed by atoms with van der Waals surface area (Å²) in [5.41, 5.74) is 3.27. The molecule has 2 aliphatic rings. The maximum Gasteiger partial charge on any atom is 0.234 e. The van der Waals surface area contributed by atoms with Crippen molar-refractivity contribution in [3.05, 3.63) is 36.0 Å². The predicted molar refractivity (Wildman–Crippen MR) is 145 cm³/mol. The maximum absolute atomic E-state index is 9.15. The van der Waals surface area contributed by atoms with Gasteiger partial charge in [0.1, 0.15) is 11.9 Å². The van der Waals surface area contributed by atoms with E-state index in [4.69, 9.17) is 14.6 Å². The lowest BCUT2D eigenvalue weighted by Gasteiger charge is -2.31. The monoisotopic (exact) mass is 525 g/mol. The van der Waals surface area contributed by atoms with E-state index in [1.54, 1.807) is 0 Å². The van der Waals surface area contributed by atoms with Crippen molar-refractivity contribution in [1.29, 1.82) is 0 Å². The van der Waals surface area contributed by atoms with Crippen LogP contribution in [0.1, 0.15) is 70.4 Å². The van der Waals surface area contributed by atoms with Gasteiger partial charge in [0.05, 0.1) is 18.4 Å². The molecular weight excluding hydrogens is 485 g/mol. The molecule has 0 radical (unpaired) electrons. The van der Waals surface area contributed by atoms with E-state index in [0.717, 1.165) is 87.2 Å². The minimum atomic E-state index is 0. The highest BCUT2D eigenvalue weighted by Gasteiger charge is 2.21. The van der Waals surface area contributed by atoms with Crippen LogP contribution in [-0.2, 0) is 6.42 Å². The number of aliphatic hydroxyl groups is 1. The Morgan fingerprint density at radius 2 is 1.60 bits per heavy atom. The minimum Gasteiger partial charge on any atom is -0.490 e. The van der Waals surface area contributed by atoms with E-state index >= 15 is 0 Å². The smallest absolute Gasteiger partial charge is 0.234 e. The van der Waals surface area contributed by atoms with Crippen molar-refractivity contribution in [2.45, 2.75) is 83.3 Å². The number of aryl methyl sites for hydroxylation is 1. The molecule has 196 valence electrons. The van der Waals surface area contributed by atoms with Crippen LogP contribution in [0.3, 0.4) is 0 Å². The molecule has 0 bridgehead atoms. The van der Waals surface area contributed by atoms with Gasteiger partial charge in [-0.1, -0.05) is 31.9 Å². The van der Waals surface area contributed by atoms with Crippen molar-refractivity contribution in [1.82, 2.24) is 15.1 Å². The molecule has 1 aliphatic carbocycles. The molecule has 2 heterocycles. The van der Waals surface area contributed by atoms with E-state index in [0.29, 0.717) is 12.0 Å². The number of benzene rings is 1. The number of unbranched alkanes of at least 4 members (excludes halogenated alkanes) is 1. The van der Waals surface area contributed by atoms with Crippen LogP contribution >= 0.6 is 24.8 Å². The predicted octanol–water partition coefficient (Wildman–Crippen LogP) is 5.88. The second-order valence-corrected chi connectivity index (χ2v) is 9.43. The van der Waals surface area contributed by atoms with Gasteiger partial charge in [-0.25, -0.2) is 0 Å². The largest absolute Gasteiger partial charge is 0.490 e.